The third kappa shape index (κ3) is 1.96. The fourth-order valence-corrected chi connectivity index (χ4v) is 0.916. The van der Waals surface area contributed by atoms with Gasteiger partial charge in [-0.1, -0.05) is 11.6 Å². The van der Waals surface area contributed by atoms with Crippen LogP contribution in [0.15, 0.2) is 6.07 Å². The molecule has 0 saturated heterocycles. The monoisotopic (exact) mass is 187 g/mol. The van der Waals surface area contributed by atoms with E-state index in [9.17, 15) is 0 Å². The first-order valence-corrected chi connectivity index (χ1v) is 3.79. The summed E-state index contributed by atoms with van der Waals surface area (Å²) < 4.78 is 0. The summed E-state index contributed by atoms with van der Waals surface area (Å²) in [4.78, 5) is 0. The summed E-state index contributed by atoms with van der Waals surface area (Å²) in [7, 11) is 3.53. The molecule has 0 saturated carbocycles. The Kier molecular flexibility index (Phi) is 3.07. The second kappa shape index (κ2) is 4.08. The number of hydrogen-bond donors (Lipinski definition) is 3. The zero-order valence-corrected chi connectivity index (χ0v) is 7.61. The van der Waals surface area contributed by atoms with Crippen LogP contribution in [0.4, 0.5) is 11.5 Å². The van der Waals surface area contributed by atoms with Gasteiger partial charge in [-0.25, -0.2) is 5.43 Å². The maximum absolute atomic E-state index is 5.63. The summed E-state index contributed by atoms with van der Waals surface area (Å²) in [6.07, 6.45) is 0. The highest BCUT2D eigenvalue weighted by Crippen LogP contribution is 2.18. The van der Waals surface area contributed by atoms with Gasteiger partial charge in [0.05, 0.1) is 5.69 Å². The average Bonchev–Trinajstić information content (AvgIpc) is 2.08. The molecule has 0 unspecified atom stereocenters. The molecule has 1 heterocycles. The van der Waals surface area contributed by atoms with E-state index in [1.54, 1.807) is 20.2 Å². The number of hydrogen-bond acceptors (Lipinski definition) is 5. The van der Waals surface area contributed by atoms with Gasteiger partial charge in [0, 0.05) is 20.2 Å². The minimum atomic E-state index is 0.362. The third-order valence-electron chi connectivity index (χ3n) is 1.28. The number of halogens is 1. The van der Waals surface area contributed by atoms with Gasteiger partial charge in [-0.05, 0) is 0 Å². The summed E-state index contributed by atoms with van der Waals surface area (Å²) >= 11 is 5.63. The van der Waals surface area contributed by atoms with Crippen LogP contribution in [0.1, 0.15) is 0 Å². The number of anilines is 2. The molecule has 0 fully saturated rings. The number of nitrogens with zero attached hydrogens (tertiary/aromatic N) is 2. The van der Waals surface area contributed by atoms with Crippen molar-refractivity contribution in [3.05, 3.63) is 11.2 Å². The van der Waals surface area contributed by atoms with Crippen LogP contribution in [-0.4, -0.2) is 24.3 Å². The van der Waals surface area contributed by atoms with Crippen molar-refractivity contribution in [3.63, 3.8) is 0 Å². The van der Waals surface area contributed by atoms with E-state index in [2.05, 4.69) is 26.4 Å². The van der Waals surface area contributed by atoms with Crippen LogP contribution in [0.5, 0.6) is 0 Å². The van der Waals surface area contributed by atoms with Gasteiger partial charge in [0.1, 0.15) is 0 Å². The van der Waals surface area contributed by atoms with Gasteiger partial charge < -0.3 is 10.7 Å². The molecule has 0 aliphatic heterocycles. The Labute approximate surface area is 75.5 Å². The van der Waals surface area contributed by atoms with Crippen LogP contribution < -0.4 is 16.2 Å². The van der Waals surface area contributed by atoms with Crippen molar-refractivity contribution in [1.82, 2.24) is 15.6 Å². The fraction of sp³-hybridized carbons (Fsp3) is 0.333. The summed E-state index contributed by atoms with van der Waals surface area (Å²) in [5.74, 6) is 0.615. The molecular weight excluding hydrogens is 178 g/mol. The number of aromatic nitrogens is 2. The molecule has 0 aliphatic carbocycles. The van der Waals surface area contributed by atoms with E-state index in [0.29, 0.717) is 11.0 Å². The molecule has 1 rings (SSSR count). The van der Waals surface area contributed by atoms with Gasteiger partial charge in [0.25, 0.3) is 0 Å². The topological polar surface area (TPSA) is 61.9 Å². The summed E-state index contributed by atoms with van der Waals surface area (Å²) in [6, 6.07) is 1.69. The van der Waals surface area contributed by atoms with Crippen molar-refractivity contribution in [2.45, 2.75) is 0 Å². The van der Waals surface area contributed by atoms with Gasteiger partial charge in [-0.15, -0.1) is 10.2 Å². The normalized spacial score (nSPS) is 9.58. The molecule has 3 N–H and O–H groups in total. The molecule has 12 heavy (non-hydrogen) atoms. The maximum atomic E-state index is 5.63. The van der Waals surface area contributed by atoms with E-state index < -0.39 is 0 Å². The van der Waals surface area contributed by atoms with Gasteiger partial charge in [-0.2, -0.15) is 0 Å². The highest BCUT2D eigenvalue weighted by molar-refractivity contribution is 6.29. The molecule has 66 valence electrons. The highest BCUT2D eigenvalue weighted by atomic mass is 35.5. The van der Waals surface area contributed by atoms with Gasteiger partial charge in [0.2, 0.25) is 0 Å². The highest BCUT2D eigenvalue weighted by Gasteiger charge is 2.02. The van der Waals surface area contributed by atoms with Crippen LogP contribution >= 0.6 is 11.6 Å². The van der Waals surface area contributed by atoms with Gasteiger partial charge in [-0.3, -0.25) is 0 Å². The van der Waals surface area contributed by atoms with Crippen molar-refractivity contribution in [3.8, 4) is 0 Å². The van der Waals surface area contributed by atoms with Crippen molar-refractivity contribution < 1.29 is 0 Å². The molecule has 1 aromatic heterocycles. The standard InChI is InChI=1S/C6H10ClN5/c1-8-4-3-5(7)10-12-6(4)11-9-2/h3,9H,1-2H3,(H,8,10)(H,11,12). The molecule has 0 amide bonds. The van der Waals surface area contributed by atoms with Crippen molar-refractivity contribution in [1.29, 1.82) is 0 Å². The molecular formula is C6H10ClN5. The van der Waals surface area contributed by atoms with Gasteiger partial charge >= 0.3 is 0 Å². The Bertz CT molecular complexity index is 264. The summed E-state index contributed by atoms with van der Waals surface area (Å²) in [5.41, 5.74) is 6.35. The van der Waals surface area contributed by atoms with E-state index in [1.165, 1.54) is 0 Å². The molecule has 0 atom stereocenters. The first kappa shape index (κ1) is 9.02. The first-order chi connectivity index (χ1) is 5.77. The lowest BCUT2D eigenvalue weighted by molar-refractivity contribution is 0.930. The zero-order valence-electron chi connectivity index (χ0n) is 6.85. The predicted octanol–water partition coefficient (Wildman–Crippen LogP) is 0.718. The van der Waals surface area contributed by atoms with Gasteiger partial charge in [0.15, 0.2) is 11.0 Å². The second-order valence-corrected chi connectivity index (χ2v) is 2.44. The smallest absolute Gasteiger partial charge is 0.186 e. The Morgan fingerprint density at radius 2 is 2.08 bits per heavy atom. The van der Waals surface area contributed by atoms with Crippen LogP contribution in [0.25, 0.3) is 0 Å². The van der Waals surface area contributed by atoms with Crippen LogP contribution in [0.2, 0.25) is 5.15 Å². The van der Waals surface area contributed by atoms with Crippen LogP contribution in [0, 0.1) is 0 Å². The van der Waals surface area contributed by atoms with E-state index >= 15 is 0 Å². The predicted molar refractivity (Wildman–Crippen MR) is 49.3 cm³/mol. The lowest BCUT2D eigenvalue weighted by atomic mass is 10.4. The first-order valence-electron chi connectivity index (χ1n) is 3.41. The molecule has 0 aromatic carbocycles. The Balaban J connectivity index is 2.94. The quantitative estimate of drug-likeness (QED) is 0.609. The largest absolute Gasteiger partial charge is 0.385 e. The minimum Gasteiger partial charge on any atom is -0.385 e. The minimum absolute atomic E-state index is 0.362. The van der Waals surface area contributed by atoms with E-state index in [0.717, 1.165) is 5.69 Å². The molecule has 0 radical (unpaired) electrons. The summed E-state index contributed by atoms with van der Waals surface area (Å²) in [5, 5.41) is 10.8. The van der Waals surface area contributed by atoms with Crippen LogP contribution in [0.3, 0.4) is 0 Å². The fourth-order valence-electron chi connectivity index (χ4n) is 0.769. The average molecular weight is 188 g/mol. The maximum Gasteiger partial charge on any atom is 0.186 e. The zero-order chi connectivity index (χ0) is 8.97. The molecule has 1 aromatic rings. The van der Waals surface area contributed by atoms with Crippen molar-refractivity contribution in [2.75, 3.05) is 24.8 Å². The second-order valence-electron chi connectivity index (χ2n) is 2.05. The van der Waals surface area contributed by atoms with Crippen LogP contribution in [-0.2, 0) is 0 Å². The molecule has 5 nitrogen and oxygen atoms in total. The Hall–Kier alpha value is -1.07. The third-order valence-corrected chi connectivity index (χ3v) is 1.46. The number of hydrazine groups is 1. The lowest BCUT2D eigenvalue weighted by Gasteiger charge is -2.07. The Morgan fingerprint density at radius 3 is 2.67 bits per heavy atom. The van der Waals surface area contributed by atoms with E-state index in [4.69, 9.17) is 11.6 Å². The number of nitrogens with one attached hydrogen (secondary N) is 3. The van der Waals surface area contributed by atoms with Crippen molar-refractivity contribution >= 4 is 23.1 Å². The molecule has 6 heteroatoms. The molecule has 0 aliphatic rings. The molecule has 0 spiro atoms. The SMILES string of the molecule is CNNc1nnc(Cl)cc1NC. The lowest BCUT2D eigenvalue weighted by Crippen LogP contribution is -2.17. The molecule has 0 bridgehead atoms. The van der Waals surface area contributed by atoms with E-state index in [-0.39, 0.29) is 0 Å². The number of rotatable bonds is 3. The van der Waals surface area contributed by atoms with E-state index in [1.807, 2.05) is 0 Å². The summed E-state index contributed by atoms with van der Waals surface area (Å²) in [6.45, 7) is 0. The Morgan fingerprint density at radius 1 is 1.33 bits per heavy atom. The van der Waals surface area contributed by atoms with Crippen molar-refractivity contribution in [2.24, 2.45) is 0 Å².